The zero-order valence-electron chi connectivity index (χ0n) is 42.3. The number of rotatable bonds is 11. The molecule has 0 aliphatic heterocycles. The van der Waals surface area contributed by atoms with Crippen LogP contribution in [-0.2, 0) is 11.2 Å². The first-order valence-corrected chi connectivity index (χ1v) is 24.0. The number of nitrogens with two attached hydrogens (primary N) is 1. The molecule has 2 atom stereocenters. The summed E-state index contributed by atoms with van der Waals surface area (Å²) in [6, 6.07) is 41.3. The summed E-state index contributed by atoms with van der Waals surface area (Å²) in [6.45, 7) is 6.05. The van der Waals surface area contributed by atoms with Crippen LogP contribution in [0, 0.1) is 39.3 Å². The molecule has 3 amide bonds. The van der Waals surface area contributed by atoms with Crippen molar-refractivity contribution in [1.82, 2.24) is 0 Å². The van der Waals surface area contributed by atoms with Gasteiger partial charge in [0.1, 0.15) is 11.6 Å². The van der Waals surface area contributed by atoms with Crippen LogP contribution in [0.3, 0.4) is 0 Å². The molecule has 0 bridgehead atoms. The van der Waals surface area contributed by atoms with Gasteiger partial charge in [-0.15, -0.1) is 0 Å². The normalized spacial score (nSPS) is 12.5. The maximum atomic E-state index is 14.2. The van der Waals surface area contributed by atoms with Gasteiger partial charge in [0, 0.05) is 45.0 Å². The minimum Gasteiger partial charge on any atom is -0.399 e. The Morgan fingerprint density at radius 3 is 1.11 bits per heavy atom. The van der Waals surface area contributed by atoms with Crippen LogP contribution in [0.4, 0.5) is 57.9 Å². The Bertz CT molecular complexity index is 3450. The number of carbonyl (C=O) groups excluding carboxylic acids is 4. The number of hydrogen-bond donors (Lipinski definition) is 6. The summed E-state index contributed by atoms with van der Waals surface area (Å²) in [5.41, 5.74) is 0.997. The highest BCUT2D eigenvalue weighted by Gasteiger charge is 2.57. The lowest BCUT2D eigenvalue weighted by atomic mass is 9.83. The summed E-state index contributed by atoms with van der Waals surface area (Å²) in [7, 11) is 0. The van der Waals surface area contributed by atoms with Crippen LogP contribution in [-0.4, -0.2) is 45.5 Å². The maximum Gasteiger partial charge on any atom is 0.425 e. The second-order valence-corrected chi connectivity index (χ2v) is 18.3. The third kappa shape index (κ3) is 14.5. The molecule has 80 heavy (non-hydrogen) atoms. The fourth-order valence-corrected chi connectivity index (χ4v) is 8.39. The fourth-order valence-electron chi connectivity index (χ4n) is 8.26. The lowest BCUT2D eigenvalue weighted by molar-refractivity contribution is -0.248. The monoisotopic (exact) mass is 1120 g/mol. The minimum atomic E-state index is -5.11. The first kappa shape index (κ1) is 62.1. The molecule has 416 valence electrons. The number of benzene rings is 8. The van der Waals surface area contributed by atoms with Crippen LogP contribution >= 0.6 is 11.6 Å². The Morgan fingerprint density at radius 1 is 0.425 bits per heavy atom. The summed E-state index contributed by atoms with van der Waals surface area (Å²) >= 11 is 5.16. The van der Waals surface area contributed by atoms with E-state index >= 15 is 0 Å². The van der Waals surface area contributed by atoms with E-state index in [-0.39, 0.29) is 35.7 Å². The van der Waals surface area contributed by atoms with Crippen molar-refractivity contribution in [2.45, 2.75) is 58.7 Å². The van der Waals surface area contributed by atoms with Crippen molar-refractivity contribution in [3.05, 3.63) is 260 Å². The van der Waals surface area contributed by atoms with Crippen LogP contribution in [0.2, 0.25) is 0 Å². The molecule has 8 aromatic rings. The molecule has 2 unspecified atom stereocenters. The van der Waals surface area contributed by atoms with Gasteiger partial charge in [-0.3, -0.25) is 19.2 Å². The summed E-state index contributed by atoms with van der Waals surface area (Å²) in [4.78, 5) is 48.4. The quantitative estimate of drug-likeness (QED) is 0.0425. The summed E-state index contributed by atoms with van der Waals surface area (Å²) in [5, 5.41) is 29.4. The molecule has 0 fully saturated rings. The number of nitrogen functional groups attached to an aromatic ring is 1. The molecule has 0 saturated heterocycles. The van der Waals surface area contributed by atoms with Gasteiger partial charge in [-0.2, -0.15) is 26.3 Å². The van der Waals surface area contributed by atoms with Crippen LogP contribution < -0.4 is 21.7 Å². The number of amides is 3. The average molecular weight is 1130 g/mol. The number of nitrogens with one attached hydrogen (secondary N) is 3. The van der Waals surface area contributed by atoms with Gasteiger partial charge in [0.25, 0.3) is 23.0 Å². The van der Waals surface area contributed by atoms with E-state index in [0.717, 1.165) is 72.8 Å². The van der Waals surface area contributed by atoms with Gasteiger partial charge >= 0.3 is 12.4 Å². The molecular formula is C61H53ClF8N4O6. The first-order chi connectivity index (χ1) is 37.1. The van der Waals surface area contributed by atoms with E-state index in [4.69, 9.17) is 17.3 Å². The third-order valence-corrected chi connectivity index (χ3v) is 12.5. The Labute approximate surface area is 460 Å². The molecule has 0 aliphatic rings. The van der Waals surface area contributed by atoms with E-state index < -0.39 is 74.5 Å². The van der Waals surface area contributed by atoms with E-state index in [1.54, 1.807) is 84.9 Å². The number of alkyl halides is 6. The number of halogens is 9. The van der Waals surface area contributed by atoms with Gasteiger partial charge in [-0.1, -0.05) is 117 Å². The highest BCUT2D eigenvalue weighted by molar-refractivity contribution is 6.67. The number of aryl methyl sites for hydroxylation is 4. The van der Waals surface area contributed by atoms with Gasteiger partial charge in [0.2, 0.25) is 11.2 Å². The lowest BCUT2D eigenvalue weighted by Crippen LogP contribution is -2.43. The fraction of sp³-hybridized carbons (Fsp3) is 0.148. The van der Waals surface area contributed by atoms with E-state index in [2.05, 4.69) is 16.0 Å². The first-order valence-electron chi connectivity index (χ1n) is 23.7. The highest BCUT2D eigenvalue weighted by atomic mass is 35.5. The number of hydrogen-bond acceptors (Lipinski definition) is 7. The van der Waals surface area contributed by atoms with Crippen LogP contribution in [0.15, 0.2) is 182 Å². The molecule has 10 nitrogen and oxygen atoms in total. The number of aliphatic hydroxyl groups is 2. The van der Waals surface area contributed by atoms with Gasteiger partial charge in [-0.25, -0.2) is 8.78 Å². The standard InChI is InChI=1S/C30H24F4N2O3.C23H20F4N2O2.C7H5ClO.CH4/c1-18-15-23(29(39,30(32,33)34)22-11-13-24(31)14-12-22)16-19(2)26(18)36-28(38)21-9-6-10-25(17-21)35-27(37)20-7-4-3-5-8-20;1-13-10-17(22(31,23(25,26)27)16-6-8-18(24)9-7-16)11-14(2)20(13)29-21(30)15-4-3-5-19(28)12-15;8-7(9)6-4-2-1-3-5-6;/h3-17,39H,1-2H3,(H,35,37)(H,36,38);3-12,31H,28H2,1-2H3,(H,29,30);1-5H;1H4. The van der Waals surface area contributed by atoms with Crippen molar-refractivity contribution in [3.8, 4) is 0 Å². The highest BCUT2D eigenvalue weighted by Crippen LogP contribution is 2.47. The van der Waals surface area contributed by atoms with Gasteiger partial charge < -0.3 is 31.9 Å². The smallest absolute Gasteiger partial charge is 0.399 e. The molecule has 0 saturated carbocycles. The van der Waals surface area contributed by atoms with Crippen molar-refractivity contribution < 1.29 is 64.5 Å². The van der Waals surface area contributed by atoms with Crippen molar-refractivity contribution >= 4 is 57.3 Å². The predicted octanol–water partition coefficient (Wildman–Crippen LogP) is 14.5. The number of carbonyl (C=O) groups is 4. The Kier molecular flexibility index (Phi) is 20.1. The third-order valence-electron chi connectivity index (χ3n) is 12.3. The second-order valence-electron chi connectivity index (χ2n) is 18.0. The Hall–Kier alpha value is -8.71. The van der Waals surface area contributed by atoms with E-state index in [1.807, 2.05) is 6.07 Å². The minimum absolute atomic E-state index is 0. The summed E-state index contributed by atoms with van der Waals surface area (Å²) < 4.78 is 111. The SMILES string of the molecule is C.Cc1cc(C(O)(c2ccc(F)cc2)C(F)(F)F)cc(C)c1NC(=O)c1cccc(N)c1.Cc1cc(C(O)(c2ccc(F)cc2)C(F)(F)F)cc(C)c1NC(=O)c1cccc(NC(=O)c2ccccc2)c1.O=C(Cl)c1ccccc1. The van der Waals surface area contributed by atoms with Crippen molar-refractivity contribution in [2.75, 3.05) is 21.7 Å². The molecule has 0 aliphatic carbocycles. The molecule has 19 heteroatoms. The topological polar surface area (TPSA) is 171 Å². The number of anilines is 4. The molecule has 0 spiro atoms. The van der Waals surface area contributed by atoms with Gasteiger partial charge in [0.15, 0.2) is 0 Å². The second kappa shape index (κ2) is 25.8. The molecule has 0 aromatic heterocycles. The predicted molar refractivity (Wildman–Crippen MR) is 294 cm³/mol. The van der Waals surface area contributed by atoms with E-state index in [9.17, 15) is 64.5 Å². The Balaban J connectivity index is 0.000000255. The Morgan fingerprint density at radius 2 is 0.762 bits per heavy atom. The van der Waals surface area contributed by atoms with Crippen LogP contribution in [0.1, 0.15) is 93.4 Å². The zero-order chi connectivity index (χ0) is 58.0. The summed E-state index contributed by atoms with van der Waals surface area (Å²) in [6.07, 6.45) is -10.2. The zero-order valence-corrected chi connectivity index (χ0v) is 43.1. The molecular weight excluding hydrogens is 1070 g/mol. The van der Waals surface area contributed by atoms with Gasteiger partial charge in [-0.05, 0) is 157 Å². The molecule has 0 radical (unpaired) electrons. The van der Waals surface area contributed by atoms with E-state index in [0.29, 0.717) is 44.9 Å². The van der Waals surface area contributed by atoms with Crippen molar-refractivity contribution in [2.24, 2.45) is 0 Å². The maximum absolute atomic E-state index is 14.2. The van der Waals surface area contributed by atoms with Gasteiger partial charge in [0.05, 0.1) is 0 Å². The lowest BCUT2D eigenvalue weighted by Gasteiger charge is -2.32. The largest absolute Gasteiger partial charge is 0.425 e. The summed E-state index contributed by atoms with van der Waals surface area (Å²) in [5.74, 6) is -2.84. The molecule has 7 N–H and O–H groups in total. The van der Waals surface area contributed by atoms with Crippen molar-refractivity contribution in [3.63, 3.8) is 0 Å². The molecule has 0 heterocycles. The molecule has 8 aromatic carbocycles. The van der Waals surface area contributed by atoms with Crippen LogP contribution in [0.5, 0.6) is 0 Å². The average Bonchev–Trinajstić information content (AvgIpc) is 3.42. The van der Waals surface area contributed by atoms with Crippen molar-refractivity contribution in [1.29, 1.82) is 0 Å². The van der Waals surface area contributed by atoms with Crippen LogP contribution in [0.25, 0.3) is 0 Å². The van der Waals surface area contributed by atoms with E-state index in [1.165, 1.54) is 45.9 Å². The molecule has 8 rings (SSSR count).